The Labute approximate surface area is 97.9 Å². The topological polar surface area (TPSA) is 43.8 Å². The molecule has 0 fully saturated rings. The lowest BCUT2D eigenvalue weighted by molar-refractivity contribution is 0.573. The van der Waals surface area contributed by atoms with Gasteiger partial charge in [0.2, 0.25) is 0 Å². The van der Waals surface area contributed by atoms with Crippen LogP contribution in [0.5, 0.6) is 0 Å². The molecule has 1 aromatic heterocycles. The van der Waals surface area contributed by atoms with Crippen molar-refractivity contribution < 1.29 is 8.78 Å². The summed E-state index contributed by atoms with van der Waals surface area (Å²) in [4.78, 5) is 4.12. The molecular weight excluding hydrogens is 224 g/mol. The van der Waals surface area contributed by atoms with Gasteiger partial charge in [0.15, 0.2) is 0 Å². The molecule has 3 nitrogen and oxygen atoms in total. The molecule has 0 saturated heterocycles. The van der Waals surface area contributed by atoms with E-state index in [1.807, 2.05) is 11.5 Å². The van der Waals surface area contributed by atoms with E-state index in [1.54, 1.807) is 12.4 Å². The summed E-state index contributed by atoms with van der Waals surface area (Å²) in [5, 5.41) is 0. The van der Waals surface area contributed by atoms with Crippen LogP contribution in [0, 0.1) is 11.6 Å². The molecule has 1 atom stereocenters. The number of imidazole rings is 1. The van der Waals surface area contributed by atoms with Gasteiger partial charge in [-0.25, -0.2) is 13.8 Å². The zero-order chi connectivity index (χ0) is 12.4. The lowest BCUT2D eigenvalue weighted by Gasteiger charge is -2.13. The fourth-order valence-electron chi connectivity index (χ4n) is 1.77. The molecule has 0 bridgehead atoms. The average molecular weight is 237 g/mol. The Kier molecular flexibility index (Phi) is 3.19. The highest BCUT2D eigenvalue weighted by Crippen LogP contribution is 2.20. The van der Waals surface area contributed by atoms with Crippen molar-refractivity contribution in [3.8, 4) is 0 Å². The first-order chi connectivity index (χ1) is 8.11. The van der Waals surface area contributed by atoms with Crippen molar-refractivity contribution in [2.75, 3.05) is 0 Å². The van der Waals surface area contributed by atoms with Crippen molar-refractivity contribution in [1.82, 2.24) is 9.55 Å². The molecule has 1 aromatic carbocycles. The van der Waals surface area contributed by atoms with E-state index < -0.39 is 17.7 Å². The van der Waals surface area contributed by atoms with Crippen LogP contribution in [0.25, 0.3) is 0 Å². The monoisotopic (exact) mass is 237 g/mol. The van der Waals surface area contributed by atoms with Crippen LogP contribution in [0.1, 0.15) is 24.4 Å². The van der Waals surface area contributed by atoms with Crippen molar-refractivity contribution in [2.24, 2.45) is 5.73 Å². The second-order valence-electron chi connectivity index (χ2n) is 3.75. The van der Waals surface area contributed by atoms with Crippen molar-refractivity contribution in [3.05, 3.63) is 53.6 Å². The van der Waals surface area contributed by atoms with Crippen LogP contribution in [-0.4, -0.2) is 9.55 Å². The van der Waals surface area contributed by atoms with E-state index >= 15 is 0 Å². The Morgan fingerprint density at radius 1 is 1.29 bits per heavy atom. The number of hydrogen-bond acceptors (Lipinski definition) is 2. The predicted octanol–water partition coefficient (Wildman–Crippen LogP) is 2.23. The first-order valence-electron chi connectivity index (χ1n) is 5.34. The van der Waals surface area contributed by atoms with Gasteiger partial charge >= 0.3 is 0 Å². The Balaban J connectivity index is 2.39. The summed E-state index contributed by atoms with van der Waals surface area (Å²) in [5.74, 6) is -0.674. The van der Waals surface area contributed by atoms with Gasteiger partial charge in [0, 0.05) is 25.0 Å². The molecule has 1 heterocycles. The van der Waals surface area contributed by atoms with Crippen molar-refractivity contribution in [1.29, 1.82) is 0 Å². The minimum atomic E-state index is -0.634. The highest BCUT2D eigenvalue weighted by atomic mass is 19.1. The maximum absolute atomic E-state index is 13.1. The van der Waals surface area contributed by atoms with Gasteiger partial charge in [-0.05, 0) is 24.6 Å². The highest BCUT2D eigenvalue weighted by Gasteiger charge is 2.15. The van der Waals surface area contributed by atoms with Gasteiger partial charge in [0.25, 0.3) is 0 Å². The van der Waals surface area contributed by atoms with Gasteiger partial charge in [-0.2, -0.15) is 0 Å². The van der Waals surface area contributed by atoms with Crippen LogP contribution in [0.4, 0.5) is 8.78 Å². The number of nitrogens with zero attached hydrogens (tertiary/aromatic N) is 2. The second-order valence-corrected chi connectivity index (χ2v) is 3.75. The third-order valence-corrected chi connectivity index (χ3v) is 2.61. The van der Waals surface area contributed by atoms with E-state index in [-0.39, 0.29) is 0 Å². The molecule has 2 aromatic rings. The van der Waals surface area contributed by atoms with Crippen LogP contribution >= 0.6 is 0 Å². The van der Waals surface area contributed by atoms with Gasteiger partial charge < -0.3 is 10.3 Å². The number of benzene rings is 1. The number of aromatic nitrogens is 2. The zero-order valence-corrected chi connectivity index (χ0v) is 9.40. The smallest absolute Gasteiger partial charge is 0.130 e. The van der Waals surface area contributed by atoms with Crippen LogP contribution in [0.3, 0.4) is 0 Å². The average Bonchev–Trinajstić information content (AvgIpc) is 2.74. The number of aryl methyl sites for hydroxylation is 1. The molecule has 0 amide bonds. The maximum atomic E-state index is 13.1. The number of rotatable bonds is 3. The van der Waals surface area contributed by atoms with Gasteiger partial charge in [-0.15, -0.1) is 0 Å². The molecule has 0 spiro atoms. The van der Waals surface area contributed by atoms with Crippen LogP contribution < -0.4 is 5.73 Å². The molecule has 17 heavy (non-hydrogen) atoms. The van der Waals surface area contributed by atoms with Crippen molar-refractivity contribution in [2.45, 2.75) is 19.5 Å². The highest BCUT2D eigenvalue weighted by molar-refractivity contribution is 5.26. The molecule has 0 radical (unpaired) electrons. The maximum Gasteiger partial charge on any atom is 0.130 e. The molecule has 0 saturated carbocycles. The summed E-state index contributed by atoms with van der Waals surface area (Å²) in [5.41, 5.74) is 6.34. The lowest BCUT2D eigenvalue weighted by Crippen LogP contribution is -2.18. The number of nitrogens with two attached hydrogens (primary N) is 1. The normalized spacial score (nSPS) is 12.7. The lowest BCUT2D eigenvalue weighted by atomic mass is 10.1. The van der Waals surface area contributed by atoms with E-state index in [0.717, 1.165) is 6.07 Å². The van der Waals surface area contributed by atoms with Crippen molar-refractivity contribution >= 4 is 0 Å². The fourth-order valence-corrected chi connectivity index (χ4v) is 1.77. The molecule has 1 unspecified atom stereocenters. The van der Waals surface area contributed by atoms with Crippen LogP contribution in [0.2, 0.25) is 0 Å². The third-order valence-electron chi connectivity index (χ3n) is 2.61. The fraction of sp³-hybridized carbons (Fsp3) is 0.250. The summed E-state index contributed by atoms with van der Waals surface area (Å²) in [6.07, 6.45) is 3.40. The minimum absolute atomic E-state index is 0.378. The van der Waals surface area contributed by atoms with Crippen LogP contribution in [-0.2, 0) is 6.54 Å². The third kappa shape index (κ3) is 2.34. The SMILES string of the molecule is CCn1ccnc1C(N)c1cc(F)cc(F)c1. The van der Waals surface area contributed by atoms with Gasteiger partial charge in [0.05, 0.1) is 6.04 Å². The quantitative estimate of drug-likeness (QED) is 0.889. The van der Waals surface area contributed by atoms with E-state index in [0.29, 0.717) is 17.9 Å². The second kappa shape index (κ2) is 4.63. The van der Waals surface area contributed by atoms with E-state index in [1.165, 1.54) is 12.1 Å². The van der Waals surface area contributed by atoms with E-state index in [4.69, 9.17) is 5.73 Å². The van der Waals surface area contributed by atoms with Gasteiger partial charge in [0.1, 0.15) is 17.5 Å². The standard InChI is InChI=1S/C12H13F2N3/c1-2-17-4-3-16-12(17)11(15)8-5-9(13)7-10(14)6-8/h3-7,11H,2,15H2,1H3. The van der Waals surface area contributed by atoms with Crippen molar-refractivity contribution in [3.63, 3.8) is 0 Å². The molecule has 2 rings (SSSR count). The summed E-state index contributed by atoms with van der Waals surface area (Å²) in [6.45, 7) is 2.66. The zero-order valence-electron chi connectivity index (χ0n) is 9.40. The first kappa shape index (κ1) is 11.7. The molecule has 0 aliphatic rings. The minimum Gasteiger partial charge on any atom is -0.334 e. The summed E-state index contributed by atoms with van der Waals surface area (Å²) in [6, 6.07) is 2.64. The molecule has 2 N–H and O–H groups in total. The number of hydrogen-bond donors (Lipinski definition) is 1. The number of halogens is 2. The Morgan fingerprint density at radius 2 is 1.94 bits per heavy atom. The summed E-state index contributed by atoms with van der Waals surface area (Å²) < 4.78 is 28.0. The van der Waals surface area contributed by atoms with Gasteiger partial charge in [-0.3, -0.25) is 0 Å². The van der Waals surface area contributed by atoms with E-state index in [9.17, 15) is 8.78 Å². The predicted molar refractivity (Wildman–Crippen MR) is 60.3 cm³/mol. The Hall–Kier alpha value is -1.75. The molecule has 0 aliphatic heterocycles. The van der Waals surface area contributed by atoms with Crippen LogP contribution in [0.15, 0.2) is 30.6 Å². The summed E-state index contributed by atoms with van der Waals surface area (Å²) >= 11 is 0. The Morgan fingerprint density at radius 3 is 2.53 bits per heavy atom. The largest absolute Gasteiger partial charge is 0.334 e. The first-order valence-corrected chi connectivity index (χ1v) is 5.34. The molecule has 90 valence electrons. The summed E-state index contributed by atoms with van der Waals surface area (Å²) in [7, 11) is 0. The Bertz CT molecular complexity index is 502. The van der Waals surface area contributed by atoms with Gasteiger partial charge in [-0.1, -0.05) is 0 Å². The molecule has 0 aliphatic carbocycles. The molecule has 5 heteroatoms. The molecular formula is C12H13F2N3. The van der Waals surface area contributed by atoms with E-state index in [2.05, 4.69) is 4.98 Å².